The van der Waals surface area contributed by atoms with Crippen LogP contribution < -0.4 is 5.32 Å². The van der Waals surface area contributed by atoms with Crippen LogP contribution in [0.3, 0.4) is 0 Å². The zero-order valence-electron chi connectivity index (χ0n) is 12.7. The van der Waals surface area contributed by atoms with Gasteiger partial charge in [0.05, 0.1) is 6.04 Å². The number of nitrogens with zero attached hydrogens (tertiary/aromatic N) is 2. The highest BCUT2D eigenvalue weighted by atomic mass is 16.2. The molecule has 0 bridgehead atoms. The van der Waals surface area contributed by atoms with Crippen LogP contribution >= 0.6 is 0 Å². The third-order valence-electron chi connectivity index (χ3n) is 4.71. The minimum absolute atomic E-state index is 0.0616. The molecule has 0 aromatic heterocycles. The summed E-state index contributed by atoms with van der Waals surface area (Å²) < 4.78 is 0. The van der Waals surface area contributed by atoms with Crippen molar-refractivity contribution in [3.05, 3.63) is 0 Å². The smallest absolute Gasteiger partial charge is 0.239 e. The van der Waals surface area contributed by atoms with E-state index in [0.29, 0.717) is 6.04 Å². The Hall–Kier alpha value is -0.610. The van der Waals surface area contributed by atoms with Gasteiger partial charge in [0, 0.05) is 26.2 Å². The molecule has 3 atom stereocenters. The summed E-state index contributed by atoms with van der Waals surface area (Å²) in [5.74, 6) is 1.11. The first kappa shape index (κ1) is 14.8. The van der Waals surface area contributed by atoms with E-state index in [4.69, 9.17) is 0 Å². The van der Waals surface area contributed by atoms with Gasteiger partial charge in [-0.05, 0) is 45.7 Å². The summed E-state index contributed by atoms with van der Waals surface area (Å²) in [6, 6.07) is 0.658. The average molecular weight is 267 g/mol. The van der Waals surface area contributed by atoms with Gasteiger partial charge in [-0.15, -0.1) is 0 Å². The lowest BCUT2D eigenvalue weighted by Crippen LogP contribution is -2.55. The molecule has 1 saturated heterocycles. The molecule has 2 rings (SSSR count). The fraction of sp³-hybridized carbons (Fsp3) is 0.933. The van der Waals surface area contributed by atoms with Crippen molar-refractivity contribution in [3.8, 4) is 0 Å². The Labute approximate surface area is 117 Å². The molecule has 0 radical (unpaired) electrons. The molecule has 1 N–H and O–H groups in total. The molecule has 4 nitrogen and oxygen atoms in total. The summed E-state index contributed by atoms with van der Waals surface area (Å²) in [4.78, 5) is 16.4. The molecule has 0 aromatic rings. The maximum atomic E-state index is 12.4. The molecule has 1 saturated carbocycles. The van der Waals surface area contributed by atoms with E-state index in [1.807, 2.05) is 26.0 Å². The second-order valence-electron chi connectivity index (χ2n) is 6.51. The maximum absolute atomic E-state index is 12.4. The molecule has 1 aliphatic heterocycles. The van der Waals surface area contributed by atoms with Crippen molar-refractivity contribution in [2.24, 2.45) is 5.92 Å². The van der Waals surface area contributed by atoms with Crippen LogP contribution in [-0.4, -0.2) is 62.0 Å². The normalized spacial score (nSPS) is 31.1. The highest BCUT2D eigenvalue weighted by molar-refractivity contribution is 5.81. The first-order valence-corrected chi connectivity index (χ1v) is 7.73. The van der Waals surface area contributed by atoms with Crippen molar-refractivity contribution in [2.45, 2.75) is 50.6 Å². The molecule has 2 aliphatic rings. The molecule has 0 aromatic carbocycles. The van der Waals surface area contributed by atoms with E-state index < -0.39 is 0 Å². The SMILES string of the molecule is CN(C)CCN(C)C(=O)C1CCC2CCCCC2N1. The number of nitrogens with one attached hydrogen (secondary N) is 1. The predicted molar refractivity (Wildman–Crippen MR) is 78.1 cm³/mol. The Morgan fingerprint density at radius 3 is 2.53 bits per heavy atom. The summed E-state index contributed by atoms with van der Waals surface area (Å²) in [5.41, 5.74) is 0. The third-order valence-corrected chi connectivity index (χ3v) is 4.71. The van der Waals surface area contributed by atoms with Gasteiger partial charge < -0.3 is 15.1 Å². The van der Waals surface area contributed by atoms with Crippen LogP contribution in [0, 0.1) is 5.92 Å². The summed E-state index contributed by atoms with van der Waals surface area (Å²) in [7, 11) is 6.02. The van der Waals surface area contributed by atoms with Crippen molar-refractivity contribution in [1.29, 1.82) is 0 Å². The summed E-state index contributed by atoms with van der Waals surface area (Å²) in [6.07, 6.45) is 7.57. The van der Waals surface area contributed by atoms with Crippen LogP contribution in [0.25, 0.3) is 0 Å². The summed E-state index contributed by atoms with van der Waals surface area (Å²) in [5, 5.41) is 3.62. The Kier molecular flexibility index (Phi) is 5.22. The van der Waals surface area contributed by atoms with E-state index in [1.165, 1.54) is 32.1 Å². The number of fused-ring (bicyclic) bond motifs is 1. The lowest BCUT2D eigenvalue weighted by molar-refractivity contribution is -0.133. The van der Waals surface area contributed by atoms with E-state index in [0.717, 1.165) is 25.4 Å². The Bertz CT molecular complexity index is 306. The third kappa shape index (κ3) is 3.93. The van der Waals surface area contributed by atoms with Gasteiger partial charge >= 0.3 is 0 Å². The molecule has 1 aliphatic carbocycles. The Morgan fingerprint density at radius 2 is 1.79 bits per heavy atom. The van der Waals surface area contributed by atoms with Crippen molar-refractivity contribution in [1.82, 2.24) is 15.1 Å². The molecule has 4 heteroatoms. The van der Waals surface area contributed by atoms with Crippen molar-refractivity contribution in [3.63, 3.8) is 0 Å². The molecule has 3 unspecified atom stereocenters. The topological polar surface area (TPSA) is 35.6 Å². The van der Waals surface area contributed by atoms with Crippen molar-refractivity contribution in [2.75, 3.05) is 34.2 Å². The van der Waals surface area contributed by atoms with Crippen molar-refractivity contribution >= 4 is 5.91 Å². The fourth-order valence-corrected chi connectivity index (χ4v) is 3.42. The largest absolute Gasteiger partial charge is 0.343 e. The Balaban J connectivity index is 1.82. The highest BCUT2D eigenvalue weighted by Gasteiger charge is 2.35. The van der Waals surface area contributed by atoms with Crippen LogP contribution in [0.15, 0.2) is 0 Å². The zero-order valence-corrected chi connectivity index (χ0v) is 12.7. The number of hydrogen-bond acceptors (Lipinski definition) is 3. The second-order valence-corrected chi connectivity index (χ2v) is 6.51. The lowest BCUT2D eigenvalue weighted by Gasteiger charge is -2.40. The molecule has 1 heterocycles. The lowest BCUT2D eigenvalue weighted by atomic mass is 9.77. The second kappa shape index (κ2) is 6.71. The zero-order chi connectivity index (χ0) is 13.8. The van der Waals surface area contributed by atoms with Gasteiger partial charge in [-0.2, -0.15) is 0 Å². The monoisotopic (exact) mass is 267 g/mol. The number of hydrogen-bond donors (Lipinski definition) is 1. The molecule has 1 amide bonds. The number of rotatable bonds is 4. The van der Waals surface area contributed by atoms with Gasteiger partial charge in [-0.3, -0.25) is 4.79 Å². The molecule has 2 fully saturated rings. The van der Waals surface area contributed by atoms with Crippen LogP contribution in [-0.2, 0) is 4.79 Å². The minimum Gasteiger partial charge on any atom is -0.343 e. The number of amides is 1. The van der Waals surface area contributed by atoms with Gasteiger partial charge in [-0.1, -0.05) is 12.8 Å². The standard InChI is InChI=1S/C15H29N3O/c1-17(2)10-11-18(3)15(19)14-9-8-12-6-4-5-7-13(12)16-14/h12-14,16H,4-11H2,1-3H3. The van der Waals surface area contributed by atoms with Crippen LogP contribution in [0.4, 0.5) is 0 Å². The number of piperidine rings is 1. The number of likely N-dealkylation sites (N-methyl/N-ethyl adjacent to an activating group) is 2. The molecule has 0 spiro atoms. The van der Waals surface area contributed by atoms with Gasteiger partial charge in [0.25, 0.3) is 0 Å². The highest BCUT2D eigenvalue weighted by Crippen LogP contribution is 2.32. The number of carbonyl (C=O) groups is 1. The van der Waals surface area contributed by atoms with Gasteiger partial charge in [0.15, 0.2) is 0 Å². The van der Waals surface area contributed by atoms with E-state index in [2.05, 4.69) is 10.2 Å². The maximum Gasteiger partial charge on any atom is 0.239 e. The van der Waals surface area contributed by atoms with Crippen LogP contribution in [0.1, 0.15) is 38.5 Å². The fourth-order valence-electron chi connectivity index (χ4n) is 3.42. The summed E-state index contributed by atoms with van der Waals surface area (Å²) >= 11 is 0. The van der Waals surface area contributed by atoms with E-state index in [-0.39, 0.29) is 11.9 Å². The van der Waals surface area contributed by atoms with Crippen LogP contribution in [0.2, 0.25) is 0 Å². The first-order valence-electron chi connectivity index (χ1n) is 7.73. The van der Waals surface area contributed by atoms with Gasteiger partial charge in [0.1, 0.15) is 0 Å². The van der Waals surface area contributed by atoms with E-state index in [9.17, 15) is 4.79 Å². The molecular formula is C15H29N3O. The minimum atomic E-state index is 0.0616. The summed E-state index contributed by atoms with van der Waals surface area (Å²) in [6.45, 7) is 1.75. The molecule has 19 heavy (non-hydrogen) atoms. The Morgan fingerprint density at radius 1 is 1.05 bits per heavy atom. The van der Waals surface area contributed by atoms with Crippen LogP contribution in [0.5, 0.6) is 0 Å². The van der Waals surface area contributed by atoms with Crippen molar-refractivity contribution < 1.29 is 4.79 Å². The quantitative estimate of drug-likeness (QED) is 0.834. The van der Waals surface area contributed by atoms with E-state index >= 15 is 0 Å². The molecule has 110 valence electrons. The van der Waals surface area contributed by atoms with Gasteiger partial charge in [0.2, 0.25) is 5.91 Å². The predicted octanol–water partition coefficient (Wildman–Crippen LogP) is 1.32. The number of carbonyl (C=O) groups excluding carboxylic acids is 1. The first-order chi connectivity index (χ1) is 9.08. The van der Waals surface area contributed by atoms with E-state index in [1.54, 1.807) is 0 Å². The molecular weight excluding hydrogens is 238 g/mol. The van der Waals surface area contributed by atoms with Gasteiger partial charge in [-0.25, -0.2) is 0 Å². The average Bonchev–Trinajstić information content (AvgIpc) is 2.43.